The number of Topliss-reactive ketones (excluding diaryl/α,β-unsaturated/α-hetero) is 2. The number of carbonyl (C=O) groups excluding carboxylic acids is 2. The predicted octanol–water partition coefficient (Wildman–Crippen LogP) is 9.62. The average Bonchev–Trinajstić information content (AvgIpc) is 3.08. The summed E-state index contributed by atoms with van der Waals surface area (Å²) in [5.74, 6) is -0.923. The number of ketones is 2. The van der Waals surface area contributed by atoms with Gasteiger partial charge in [-0.05, 0) is 183 Å². The molecule has 9 aromatic rings. The molecule has 47 heavy (non-hydrogen) atoms. The van der Waals surface area contributed by atoms with E-state index in [1.807, 2.05) is 12.1 Å². The maximum atomic E-state index is 12.0. The molecule has 0 unspecified atom stereocenters. The molecule has 0 spiro atoms. The van der Waals surface area contributed by atoms with Crippen LogP contribution in [0.2, 0.25) is 0 Å². The highest BCUT2D eigenvalue weighted by Gasteiger charge is 2.13. The largest absolute Gasteiger partial charge is 0.286 e. The molecule has 2 nitrogen and oxygen atoms in total. The zero-order valence-electron chi connectivity index (χ0n) is 25.1. The van der Waals surface area contributed by atoms with E-state index in [0.29, 0.717) is 0 Å². The van der Waals surface area contributed by atoms with Crippen LogP contribution in [0.4, 0.5) is 0 Å². The van der Waals surface area contributed by atoms with E-state index in [-0.39, 0.29) is 0 Å². The van der Waals surface area contributed by atoms with Gasteiger partial charge in [0.25, 0.3) is 0 Å². The smallest absolute Gasteiger partial charge is 0.226 e. The number of benzene rings is 9. The van der Waals surface area contributed by atoms with E-state index < -0.39 is 11.6 Å². The Hall–Kier alpha value is -5.77. The quantitative estimate of drug-likeness (QED) is 0.110. The molecule has 3 heteroatoms. The molecule has 0 radical (unpaired) electrons. The monoisotopic (exact) mass is 616 g/mol. The van der Waals surface area contributed by atoms with Gasteiger partial charge in [0.2, 0.25) is 11.6 Å². The van der Waals surface area contributed by atoms with Gasteiger partial charge in [-0.25, -0.2) is 0 Å². The molecule has 0 heterocycles. The summed E-state index contributed by atoms with van der Waals surface area (Å²) in [4.78, 5) is 26.2. The van der Waals surface area contributed by atoms with Crippen molar-refractivity contribution in [2.45, 2.75) is 9.79 Å². The summed E-state index contributed by atoms with van der Waals surface area (Å²) in [5, 5.41) is 18.6. The second kappa shape index (κ2) is 9.86. The van der Waals surface area contributed by atoms with Gasteiger partial charge in [0.1, 0.15) is 0 Å². The van der Waals surface area contributed by atoms with E-state index in [9.17, 15) is 9.59 Å². The van der Waals surface area contributed by atoms with Gasteiger partial charge in [0.05, 0.1) is 0 Å². The van der Waals surface area contributed by atoms with Crippen molar-refractivity contribution in [3.05, 3.63) is 144 Å². The number of hydrogen-bond acceptors (Lipinski definition) is 3. The van der Waals surface area contributed by atoms with Crippen LogP contribution < -0.4 is 10.4 Å². The van der Waals surface area contributed by atoms with E-state index in [1.165, 1.54) is 75.8 Å². The summed E-state index contributed by atoms with van der Waals surface area (Å²) in [6.45, 7) is 0. The Morgan fingerprint density at radius 1 is 0.319 bits per heavy atom. The number of hydrogen-bond donors (Lipinski definition) is 0. The first-order valence-electron chi connectivity index (χ1n) is 15.7. The van der Waals surface area contributed by atoms with Crippen LogP contribution in [0.5, 0.6) is 0 Å². The van der Waals surface area contributed by atoms with Crippen LogP contribution in [0.15, 0.2) is 143 Å². The lowest BCUT2D eigenvalue weighted by Gasteiger charge is -2.10. The van der Waals surface area contributed by atoms with Crippen molar-refractivity contribution < 1.29 is 9.59 Å². The molecule has 1 aliphatic carbocycles. The normalized spacial score (nSPS) is 13.2. The molecule has 0 fully saturated rings. The van der Waals surface area contributed by atoms with Crippen LogP contribution in [0.1, 0.15) is 0 Å². The Balaban J connectivity index is 1.03. The van der Waals surface area contributed by atoms with Crippen LogP contribution in [-0.4, -0.2) is 11.6 Å². The van der Waals surface area contributed by atoms with Gasteiger partial charge in [0.15, 0.2) is 0 Å². The van der Waals surface area contributed by atoms with Crippen molar-refractivity contribution in [2.75, 3.05) is 0 Å². The molecular formula is C44H24O2S. The van der Waals surface area contributed by atoms with Crippen LogP contribution in [0.3, 0.4) is 0 Å². The van der Waals surface area contributed by atoms with Crippen LogP contribution in [0.25, 0.3) is 87.6 Å². The summed E-state index contributed by atoms with van der Waals surface area (Å²) in [6.07, 6.45) is 2.89. The Kier molecular flexibility index (Phi) is 5.55. The third kappa shape index (κ3) is 4.35. The Morgan fingerprint density at radius 3 is 1.26 bits per heavy atom. The molecule has 0 amide bonds. The molecule has 9 aromatic carbocycles. The van der Waals surface area contributed by atoms with Gasteiger partial charge in [0, 0.05) is 9.79 Å². The Morgan fingerprint density at radius 2 is 0.681 bits per heavy atom. The fourth-order valence-corrected chi connectivity index (χ4v) is 8.14. The summed E-state index contributed by atoms with van der Waals surface area (Å²) in [5.41, 5.74) is 0. The number of fused-ring (bicyclic) bond motifs is 9. The van der Waals surface area contributed by atoms with Crippen LogP contribution >= 0.6 is 11.8 Å². The van der Waals surface area contributed by atoms with E-state index in [1.54, 1.807) is 11.8 Å². The van der Waals surface area contributed by atoms with Crippen molar-refractivity contribution in [1.29, 1.82) is 0 Å². The lowest BCUT2D eigenvalue weighted by molar-refractivity contribution is -0.129. The Bertz CT molecular complexity index is 3030. The van der Waals surface area contributed by atoms with Gasteiger partial charge in [-0.2, -0.15) is 0 Å². The van der Waals surface area contributed by atoms with Crippen molar-refractivity contribution in [2.24, 2.45) is 0 Å². The van der Waals surface area contributed by atoms with Gasteiger partial charge in [-0.1, -0.05) is 60.3 Å². The minimum atomic E-state index is -0.462. The third-order valence-corrected chi connectivity index (χ3v) is 10.6. The van der Waals surface area contributed by atoms with Crippen molar-refractivity contribution in [3.8, 4) is 0 Å². The first-order valence-corrected chi connectivity index (χ1v) is 16.5. The number of carbonyl (C=O) groups is 2. The highest BCUT2D eigenvalue weighted by atomic mass is 32.2. The summed E-state index contributed by atoms with van der Waals surface area (Å²) < 4.78 is 0. The van der Waals surface area contributed by atoms with E-state index in [2.05, 4.69) is 121 Å². The van der Waals surface area contributed by atoms with Crippen LogP contribution in [-0.2, 0) is 9.59 Å². The molecule has 1 aliphatic rings. The average molecular weight is 617 g/mol. The van der Waals surface area contributed by atoms with Gasteiger partial charge >= 0.3 is 0 Å². The topological polar surface area (TPSA) is 34.1 Å². The fraction of sp³-hybridized carbons (Fsp3) is 0. The molecule has 10 rings (SSSR count). The van der Waals surface area contributed by atoms with E-state index in [0.717, 1.165) is 32.0 Å². The van der Waals surface area contributed by atoms with E-state index >= 15 is 0 Å². The predicted molar refractivity (Wildman–Crippen MR) is 198 cm³/mol. The maximum Gasteiger partial charge on any atom is 0.226 e. The summed E-state index contributed by atoms with van der Waals surface area (Å²) in [7, 11) is 0. The van der Waals surface area contributed by atoms with E-state index in [4.69, 9.17) is 0 Å². The van der Waals surface area contributed by atoms with Gasteiger partial charge in [-0.15, -0.1) is 0 Å². The molecule has 0 N–H and O–H groups in total. The summed E-state index contributed by atoms with van der Waals surface area (Å²) >= 11 is 1.76. The van der Waals surface area contributed by atoms with Gasteiger partial charge in [-0.3, -0.25) is 9.59 Å². The second-order valence-electron chi connectivity index (χ2n) is 12.6. The first kappa shape index (κ1) is 26.4. The third-order valence-electron chi connectivity index (χ3n) is 9.61. The lowest BCUT2D eigenvalue weighted by Crippen LogP contribution is -2.33. The highest BCUT2D eigenvalue weighted by molar-refractivity contribution is 7.99. The molecular weight excluding hydrogens is 593 g/mol. The van der Waals surface area contributed by atoms with Gasteiger partial charge < -0.3 is 0 Å². The van der Waals surface area contributed by atoms with Crippen molar-refractivity contribution >= 4 is 111 Å². The van der Waals surface area contributed by atoms with Crippen molar-refractivity contribution in [3.63, 3.8) is 0 Å². The lowest BCUT2D eigenvalue weighted by atomic mass is 9.95. The minimum absolute atomic E-state index is 0.461. The molecule has 0 saturated carbocycles. The molecule has 0 atom stereocenters. The number of rotatable bonds is 2. The van der Waals surface area contributed by atoms with Crippen molar-refractivity contribution in [1.82, 2.24) is 0 Å². The molecule has 0 aliphatic heterocycles. The minimum Gasteiger partial charge on any atom is -0.286 e. The molecule has 0 saturated heterocycles. The maximum absolute atomic E-state index is 12.0. The zero-order valence-corrected chi connectivity index (χ0v) is 25.9. The van der Waals surface area contributed by atoms with Crippen LogP contribution in [0, 0.1) is 0 Å². The standard InChI is InChI=1S/C44H24O2S/c45-43-23-37-17-31-12-27-7-9-39(20-35(27)16-33(31)18-38(37)24-44(43)46)47-40-10-8-28-13-36-22-42-30(14-32(36)15-34(28)19-40)6-5-29-11-25-3-1-2-4-26(25)21-41(29)42/h1-24H. The highest BCUT2D eigenvalue weighted by Crippen LogP contribution is 2.36. The SMILES string of the molecule is O=C1C=c2cc3cc4ccc(Sc5ccc6cc7cc8c(ccc9cc%10ccccc%10cc98)cc7cc6c5)cc4cc3cc2=CC1=O. The second-order valence-corrected chi connectivity index (χ2v) is 13.7. The first-order chi connectivity index (χ1) is 23.0. The summed E-state index contributed by atoms with van der Waals surface area (Å²) in [6, 6.07) is 48.6. The molecule has 0 bridgehead atoms. The Labute approximate surface area is 273 Å². The zero-order chi connectivity index (χ0) is 31.2. The molecule has 218 valence electrons. The molecule has 0 aromatic heterocycles. The fourth-order valence-electron chi connectivity index (χ4n) is 7.23.